The van der Waals surface area contributed by atoms with E-state index in [0.717, 1.165) is 58.3 Å². The van der Waals surface area contributed by atoms with Crippen LogP contribution >= 0.6 is 11.6 Å². The van der Waals surface area contributed by atoms with Crippen molar-refractivity contribution in [2.75, 3.05) is 7.11 Å². The molecule has 4 aromatic rings. The summed E-state index contributed by atoms with van der Waals surface area (Å²) in [5, 5.41) is 15.4. The van der Waals surface area contributed by atoms with Crippen molar-refractivity contribution in [3.05, 3.63) is 88.2 Å². The van der Waals surface area contributed by atoms with Gasteiger partial charge >= 0.3 is 0 Å². The molecule has 0 bridgehead atoms. The molecule has 0 saturated heterocycles. The minimum Gasteiger partial charge on any atom is -0.497 e. The molecule has 2 aromatic heterocycles. The fourth-order valence-corrected chi connectivity index (χ4v) is 3.89. The molecule has 33 heavy (non-hydrogen) atoms. The van der Waals surface area contributed by atoms with Crippen LogP contribution in [0.4, 0.5) is 0 Å². The van der Waals surface area contributed by atoms with Crippen LogP contribution in [0.1, 0.15) is 48.2 Å². The number of ether oxygens (including phenoxy) is 1. The van der Waals surface area contributed by atoms with Gasteiger partial charge in [0.05, 0.1) is 25.5 Å². The van der Waals surface area contributed by atoms with Crippen LogP contribution < -0.4 is 4.74 Å². The van der Waals surface area contributed by atoms with Crippen LogP contribution in [0.2, 0.25) is 5.02 Å². The van der Waals surface area contributed by atoms with Crippen molar-refractivity contribution in [2.24, 2.45) is 0 Å². The number of H-pyrrole nitrogens is 1. The Balaban J connectivity index is 1.72. The van der Waals surface area contributed by atoms with Crippen LogP contribution in [0.3, 0.4) is 0 Å². The number of imidazole rings is 1. The van der Waals surface area contributed by atoms with Gasteiger partial charge in [0, 0.05) is 23.4 Å². The largest absolute Gasteiger partial charge is 0.497 e. The van der Waals surface area contributed by atoms with E-state index in [-0.39, 0.29) is 0 Å². The van der Waals surface area contributed by atoms with Gasteiger partial charge in [-0.25, -0.2) is 10.1 Å². The molecule has 0 atom stereocenters. The molecule has 0 aliphatic carbocycles. The molecular formula is C25H27ClN6O. The van der Waals surface area contributed by atoms with E-state index in [1.165, 1.54) is 0 Å². The molecule has 0 saturated carbocycles. The lowest BCUT2D eigenvalue weighted by atomic mass is 10.0. The highest BCUT2D eigenvalue weighted by Crippen LogP contribution is 2.24. The van der Waals surface area contributed by atoms with E-state index in [1.807, 2.05) is 48.7 Å². The number of tetrazole rings is 1. The first-order valence-corrected chi connectivity index (χ1v) is 11.4. The molecule has 0 aliphatic heterocycles. The van der Waals surface area contributed by atoms with Crippen LogP contribution in [0.5, 0.6) is 5.75 Å². The Morgan fingerprint density at radius 3 is 2.67 bits per heavy atom. The van der Waals surface area contributed by atoms with E-state index in [2.05, 4.69) is 44.3 Å². The second-order valence-corrected chi connectivity index (χ2v) is 8.23. The summed E-state index contributed by atoms with van der Waals surface area (Å²) >= 11 is 6.48. The molecule has 0 fully saturated rings. The number of methoxy groups -OCH3 is 1. The Hall–Kier alpha value is -3.45. The quantitative estimate of drug-likeness (QED) is 0.349. The predicted octanol–water partition coefficient (Wildman–Crippen LogP) is 5.23. The molecular weight excluding hydrogens is 436 g/mol. The Kier molecular flexibility index (Phi) is 7.52. The van der Waals surface area contributed by atoms with Gasteiger partial charge in [0.15, 0.2) is 5.82 Å². The van der Waals surface area contributed by atoms with Crippen LogP contribution in [0.25, 0.3) is 11.6 Å². The van der Waals surface area contributed by atoms with Gasteiger partial charge < -0.3 is 9.30 Å². The number of nitrogens with one attached hydrogen (secondary N) is 1. The minimum absolute atomic E-state index is 0.631. The van der Waals surface area contributed by atoms with Gasteiger partial charge in [-0.2, -0.15) is 0 Å². The highest BCUT2D eigenvalue weighted by molar-refractivity contribution is 6.31. The zero-order valence-electron chi connectivity index (χ0n) is 18.8. The third-order valence-electron chi connectivity index (χ3n) is 5.53. The van der Waals surface area contributed by atoms with E-state index in [1.54, 1.807) is 7.11 Å². The topological polar surface area (TPSA) is 81.5 Å². The average molecular weight is 463 g/mol. The third-order valence-corrected chi connectivity index (χ3v) is 5.90. The molecule has 4 rings (SSSR count). The zero-order chi connectivity index (χ0) is 23.0. The van der Waals surface area contributed by atoms with Gasteiger partial charge in [-0.3, -0.25) is 0 Å². The number of hydrogen-bond acceptors (Lipinski definition) is 5. The van der Waals surface area contributed by atoms with E-state index in [4.69, 9.17) is 21.3 Å². The normalized spacial score (nSPS) is 11.7. The molecule has 1 N–H and O–H groups in total. The number of aromatic amines is 1. The van der Waals surface area contributed by atoms with Crippen molar-refractivity contribution < 1.29 is 4.74 Å². The van der Waals surface area contributed by atoms with Crippen LogP contribution in [0.15, 0.2) is 54.7 Å². The Morgan fingerprint density at radius 2 is 1.97 bits per heavy atom. The molecule has 0 radical (unpaired) electrons. The first kappa shape index (κ1) is 22.7. The van der Waals surface area contributed by atoms with Gasteiger partial charge in [0.1, 0.15) is 11.6 Å². The summed E-state index contributed by atoms with van der Waals surface area (Å²) in [4.78, 5) is 4.74. The first-order valence-electron chi connectivity index (χ1n) is 11.0. The molecule has 0 amide bonds. The fourth-order valence-electron chi connectivity index (χ4n) is 3.70. The summed E-state index contributed by atoms with van der Waals surface area (Å²) in [6.45, 7) is 2.83. The van der Waals surface area contributed by atoms with Gasteiger partial charge in [-0.05, 0) is 52.2 Å². The first-order chi connectivity index (χ1) is 16.2. The third kappa shape index (κ3) is 5.68. The highest BCUT2D eigenvalue weighted by Gasteiger charge is 2.14. The summed E-state index contributed by atoms with van der Waals surface area (Å²) in [6.07, 6.45) is 7.77. The van der Waals surface area contributed by atoms with Crippen LogP contribution in [0, 0.1) is 0 Å². The Morgan fingerprint density at radius 1 is 1.15 bits per heavy atom. The summed E-state index contributed by atoms with van der Waals surface area (Å²) in [6, 6.07) is 15.9. The molecule has 8 heteroatoms. The fraction of sp³-hybridized carbons (Fsp3) is 0.280. The number of unbranched alkanes of at least 4 members (excludes halogenated alkanes) is 1. The summed E-state index contributed by atoms with van der Waals surface area (Å²) < 4.78 is 7.51. The van der Waals surface area contributed by atoms with Crippen LogP contribution in [-0.4, -0.2) is 37.3 Å². The molecule has 2 heterocycles. The monoisotopic (exact) mass is 462 g/mol. The van der Waals surface area contributed by atoms with E-state index >= 15 is 0 Å². The lowest BCUT2D eigenvalue weighted by Gasteiger charge is -2.13. The second-order valence-electron chi connectivity index (χ2n) is 7.82. The summed E-state index contributed by atoms with van der Waals surface area (Å²) in [5.74, 6) is 2.50. The van der Waals surface area contributed by atoms with E-state index in [9.17, 15) is 0 Å². The predicted molar refractivity (Wildman–Crippen MR) is 130 cm³/mol. The number of hydrogen-bond donors (Lipinski definition) is 1. The highest BCUT2D eigenvalue weighted by atomic mass is 35.5. The smallest absolute Gasteiger partial charge is 0.175 e. The lowest BCUT2D eigenvalue weighted by molar-refractivity contribution is 0.414. The number of aryl methyl sites for hydroxylation is 1. The molecule has 7 nitrogen and oxygen atoms in total. The van der Waals surface area contributed by atoms with Crippen molar-refractivity contribution in [3.63, 3.8) is 0 Å². The van der Waals surface area contributed by atoms with E-state index in [0.29, 0.717) is 18.8 Å². The second kappa shape index (κ2) is 10.9. The van der Waals surface area contributed by atoms with Crippen molar-refractivity contribution in [1.82, 2.24) is 30.2 Å². The van der Waals surface area contributed by atoms with Crippen molar-refractivity contribution in [3.8, 4) is 5.75 Å². The number of aromatic nitrogens is 6. The number of halogens is 1. The number of nitrogens with zero attached hydrogens (tertiary/aromatic N) is 5. The summed E-state index contributed by atoms with van der Waals surface area (Å²) in [7, 11) is 1.66. The van der Waals surface area contributed by atoms with Crippen LogP contribution in [-0.2, 0) is 19.4 Å². The maximum atomic E-state index is 6.48. The summed E-state index contributed by atoms with van der Waals surface area (Å²) in [5.41, 5.74) is 4.14. The van der Waals surface area contributed by atoms with Gasteiger partial charge in [0.2, 0.25) is 0 Å². The molecule has 0 unspecified atom stereocenters. The molecule has 2 aromatic carbocycles. The Labute approximate surface area is 198 Å². The average Bonchev–Trinajstić information content (AvgIpc) is 3.50. The maximum absolute atomic E-state index is 6.48. The Bertz CT molecular complexity index is 1200. The lowest BCUT2D eigenvalue weighted by Crippen LogP contribution is -2.08. The molecule has 0 aliphatic rings. The standard InChI is InChI=1S/C25H27ClN6O/c1-3-4-9-24-27-16-21(32(24)17-19-7-5-6-8-23(19)26)15-20(25-28-30-31-29-25)14-18-10-12-22(33-2)13-11-18/h5-8,10-13,15-16H,3-4,9,14,17H2,1-2H3,(H,28,29,30,31). The molecule has 0 spiro atoms. The number of rotatable bonds is 10. The maximum Gasteiger partial charge on any atom is 0.175 e. The van der Waals surface area contributed by atoms with Crippen molar-refractivity contribution in [2.45, 2.75) is 39.2 Å². The van der Waals surface area contributed by atoms with E-state index < -0.39 is 0 Å². The molecule has 170 valence electrons. The minimum atomic E-state index is 0.631. The SMILES string of the molecule is CCCCc1ncc(C=C(Cc2ccc(OC)cc2)c2nnn[nH]2)n1Cc1ccccc1Cl. The van der Waals surface area contributed by atoms with Crippen molar-refractivity contribution >= 4 is 23.3 Å². The zero-order valence-corrected chi connectivity index (χ0v) is 19.6. The number of benzene rings is 2. The van der Waals surface area contributed by atoms with Gasteiger partial charge in [-0.1, -0.05) is 55.3 Å². The van der Waals surface area contributed by atoms with Crippen molar-refractivity contribution in [1.29, 1.82) is 0 Å². The van der Waals surface area contributed by atoms with Gasteiger partial charge in [0.25, 0.3) is 0 Å². The number of allylic oxidation sites excluding steroid dienone is 1. The van der Waals surface area contributed by atoms with Gasteiger partial charge in [-0.15, -0.1) is 5.10 Å².